The van der Waals surface area contributed by atoms with Crippen LogP contribution in [0, 0.1) is 11.6 Å². The van der Waals surface area contributed by atoms with Gasteiger partial charge in [0.15, 0.2) is 5.78 Å². The highest BCUT2D eigenvalue weighted by molar-refractivity contribution is 9.10. The lowest BCUT2D eigenvalue weighted by Crippen LogP contribution is -2.06. The van der Waals surface area contributed by atoms with Gasteiger partial charge in [0, 0.05) is 16.5 Å². The van der Waals surface area contributed by atoms with E-state index in [1.807, 2.05) is 0 Å². The third kappa shape index (κ3) is 3.28. The van der Waals surface area contributed by atoms with Gasteiger partial charge in [-0.15, -0.1) is 0 Å². The zero-order chi connectivity index (χ0) is 14.0. The van der Waals surface area contributed by atoms with Crippen molar-refractivity contribution in [2.75, 3.05) is 0 Å². The number of halogens is 4. The average Bonchev–Trinajstić information content (AvgIpc) is 2.34. The first-order valence-corrected chi connectivity index (χ1v) is 6.99. The van der Waals surface area contributed by atoms with Crippen molar-refractivity contribution in [1.82, 2.24) is 0 Å². The maximum atomic E-state index is 13.3. The molecule has 5 heteroatoms. The molecule has 0 heterocycles. The van der Waals surface area contributed by atoms with Gasteiger partial charge in [-0.3, -0.25) is 4.79 Å². The minimum Gasteiger partial charge on any atom is -0.294 e. The molecule has 2 rings (SSSR count). The Bertz CT molecular complexity index is 641. The second-order valence-electron chi connectivity index (χ2n) is 3.94. The molecule has 19 heavy (non-hydrogen) atoms. The smallest absolute Gasteiger partial charge is 0.168 e. The first kappa shape index (κ1) is 14.3. The largest absolute Gasteiger partial charge is 0.294 e. The minimum atomic E-state index is -0.421. The van der Waals surface area contributed by atoms with Crippen molar-refractivity contribution in [2.45, 2.75) is 6.42 Å². The molecule has 0 aliphatic carbocycles. The second-order valence-corrected chi connectivity index (χ2v) is 5.58. The zero-order valence-corrected chi connectivity index (χ0v) is 12.8. The lowest BCUT2D eigenvalue weighted by atomic mass is 10.0. The molecule has 2 aromatic carbocycles. The van der Waals surface area contributed by atoms with Gasteiger partial charge in [0.25, 0.3) is 0 Å². The van der Waals surface area contributed by atoms with Gasteiger partial charge < -0.3 is 0 Å². The molecule has 0 amide bonds. The van der Waals surface area contributed by atoms with Gasteiger partial charge in [0.05, 0.1) is 4.47 Å². The molecule has 0 spiro atoms. The highest BCUT2D eigenvalue weighted by Gasteiger charge is 2.14. The minimum absolute atomic E-state index is 0.0442. The van der Waals surface area contributed by atoms with E-state index in [-0.39, 0.29) is 16.7 Å². The summed E-state index contributed by atoms with van der Waals surface area (Å²) in [5.74, 6) is -1.04. The molecular formula is C14H8Br2F2O. The maximum Gasteiger partial charge on any atom is 0.168 e. The van der Waals surface area contributed by atoms with Crippen molar-refractivity contribution in [2.24, 2.45) is 0 Å². The molecule has 0 N–H and O–H groups in total. The summed E-state index contributed by atoms with van der Waals surface area (Å²) in [4.78, 5) is 12.1. The number of carbonyl (C=O) groups is 1. The van der Waals surface area contributed by atoms with E-state index < -0.39 is 11.6 Å². The van der Waals surface area contributed by atoms with Crippen molar-refractivity contribution in [3.05, 3.63) is 68.1 Å². The number of hydrogen-bond acceptors (Lipinski definition) is 1. The van der Waals surface area contributed by atoms with Crippen LogP contribution in [0.4, 0.5) is 8.78 Å². The Morgan fingerprint density at radius 1 is 1.11 bits per heavy atom. The third-order valence-corrected chi connectivity index (χ3v) is 4.16. The van der Waals surface area contributed by atoms with E-state index in [0.717, 1.165) is 0 Å². The predicted molar refractivity (Wildman–Crippen MR) is 76.2 cm³/mol. The number of ketones is 1. The van der Waals surface area contributed by atoms with Crippen molar-refractivity contribution in [3.8, 4) is 0 Å². The summed E-state index contributed by atoms with van der Waals surface area (Å²) in [5, 5.41) is 0. The Kier molecular flexibility index (Phi) is 4.47. The Hall–Kier alpha value is -1.07. The van der Waals surface area contributed by atoms with Crippen LogP contribution in [0.1, 0.15) is 15.9 Å². The van der Waals surface area contributed by atoms with Gasteiger partial charge in [-0.2, -0.15) is 0 Å². The van der Waals surface area contributed by atoms with Crippen molar-refractivity contribution in [1.29, 1.82) is 0 Å². The Morgan fingerprint density at radius 2 is 1.84 bits per heavy atom. The van der Waals surface area contributed by atoms with Crippen LogP contribution in [0.15, 0.2) is 45.3 Å². The molecule has 0 aliphatic rings. The molecule has 0 aliphatic heterocycles. The van der Waals surface area contributed by atoms with Gasteiger partial charge in [0.1, 0.15) is 11.6 Å². The molecular weight excluding hydrogens is 382 g/mol. The summed E-state index contributed by atoms with van der Waals surface area (Å²) in [6, 6.07) is 8.39. The summed E-state index contributed by atoms with van der Waals surface area (Å²) < 4.78 is 27.0. The summed E-state index contributed by atoms with van der Waals surface area (Å²) in [6.07, 6.45) is 0.0442. The van der Waals surface area contributed by atoms with Crippen LogP contribution >= 0.6 is 31.9 Å². The molecule has 0 saturated carbocycles. The van der Waals surface area contributed by atoms with E-state index in [1.165, 1.54) is 24.3 Å². The standard InChI is InChI=1S/C14H8Br2F2O/c15-11-7-9(17)4-5-10(11)13(19)6-8-2-1-3-12(18)14(8)16/h1-5,7H,6H2. The van der Waals surface area contributed by atoms with Crippen LogP contribution in [-0.4, -0.2) is 5.78 Å². The molecule has 0 fully saturated rings. The fourth-order valence-electron chi connectivity index (χ4n) is 1.67. The van der Waals surface area contributed by atoms with Crippen LogP contribution in [0.2, 0.25) is 0 Å². The number of hydrogen-bond donors (Lipinski definition) is 0. The molecule has 2 aromatic rings. The monoisotopic (exact) mass is 388 g/mol. The number of Topliss-reactive ketones (excluding diaryl/α,β-unsaturated/α-hetero) is 1. The average molecular weight is 390 g/mol. The highest BCUT2D eigenvalue weighted by Crippen LogP contribution is 2.24. The molecule has 0 saturated heterocycles. The Labute approximate surface area is 125 Å². The van der Waals surface area contributed by atoms with E-state index in [0.29, 0.717) is 15.6 Å². The van der Waals surface area contributed by atoms with E-state index in [1.54, 1.807) is 12.1 Å². The van der Waals surface area contributed by atoms with E-state index in [9.17, 15) is 13.6 Å². The fourth-order valence-corrected chi connectivity index (χ4v) is 2.65. The third-order valence-electron chi connectivity index (χ3n) is 2.61. The number of benzene rings is 2. The van der Waals surface area contributed by atoms with Crippen LogP contribution in [-0.2, 0) is 6.42 Å². The van der Waals surface area contributed by atoms with Crippen LogP contribution in [0.25, 0.3) is 0 Å². The van der Waals surface area contributed by atoms with Gasteiger partial charge in [0.2, 0.25) is 0 Å². The summed E-state index contributed by atoms with van der Waals surface area (Å²) in [5.41, 5.74) is 0.929. The Morgan fingerprint density at radius 3 is 2.53 bits per heavy atom. The second kappa shape index (κ2) is 5.92. The van der Waals surface area contributed by atoms with Crippen molar-refractivity contribution < 1.29 is 13.6 Å². The van der Waals surface area contributed by atoms with Gasteiger partial charge >= 0.3 is 0 Å². The molecule has 0 radical (unpaired) electrons. The van der Waals surface area contributed by atoms with Crippen LogP contribution in [0.3, 0.4) is 0 Å². The number of carbonyl (C=O) groups excluding carboxylic acids is 1. The quantitative estimate of drug-likeness (QED) is 0.681. The Balaban J connectivity index is 2.28. The van der Waals surface area contributed by atoms with Gasteiger partial charge in [-0.25, -0.2) is 8.78 Å². The highest BCUT2D eigenvalue weighted by atomic mass is 79.9. The normalized spacial score (nSPS) is 10.5. The lowest BCUT2D eigenvalue weighted by molar-refractivity contribution is 0.0992. The fraction of sp³-hybridized carbons (Fsp3) is 0.0714. The topological polar surface area (TPSA) is 17.1 Å². The molecule has 0 unspecified atom stereocenters. The zero-order valence-electron chi connectivity index (χ0n) is 9.59. The maximum absolute atomic E-state index is 13.3. The molecule has 0 atom stereocenters. The van der Waals surface area contributed by atoms with Crippen LogP contribution < -0.4 is 0 Å². The van der Waals surface area contributed by atoms with Crippen LogP contribution in [0.5, 0.6) is 0 Å². The predicted octanol–water partition coefficient (Wildman–Crippen LogP) is 4.92. The molecule has 0 aromatic heterocycles. The van der Waals surface area contributed by atoms with Crippen molar-refractivity contribution in [3.63, 3.8) is 0 Å². The van der Waals surface area contributed by atoms with Gasteiger partial charge in [-0.05, 0) is 61.7 Å². The summed E-state index contributed by atoms with van der Waals surface area (Å²) in [7, 11) is 0. The van der Waals surface area contributed by atoms with E-state index in [4.69, 9.17) is 0 Å². The first-order chi connectivity index (χ1) is 8.99. The SMILES string of the molecule is O=C(Cc1cccc(F)c1Br)c1ccc(F)cc1Br. The van der Waals surface area contributed by atoms with E-state index in [2.05, 4.69) is 31.9 Å². The lowest BCUT2D eigenvalue weighted by Gasteiger charge is -2.06. The summed E-state index contributed by atoms with van der Waals surface area (Å²) in [6.45, 7) is 0. The van der Waals surface area contributed by atoms with Crippen molar-refractivity contribution >= 4 is 37.6 Å². The number of rotatable bonds is 3. The molecule has 98 valence electrons. The van der Waals surface area contributed by atoms with Gasteiger partial charge in [-0.1, -0.05) is 12.1 Å². The van der Waals surface area contributed by atoms with E-state index >= 15 is 0 Å². The molecule has 0 bridgehead atoms. The first-order valence-electron chi connectivity index (χ1n) is 5.40. The summed E-state index contributed by atoms with van der Waals surface area (Å²) >= 11 is 6.26. The molecule has 1 nitrogen and oxygen atoms in total.